The molecule has 1 unspecified atom stereocenters. The van der Waals surface area contributed by atoms with Gasteiger partial charge in [0.1, 0.15) is 11.9 Å². The molecule has 0 saturated carbocycles. The molecule has 0 bridgehead atoms. The molecule has 1 fully saturated rings. The molecule has 2 rings (SSSR count). The maximum absolute atomic E-state index is 5.44. The molecule has 4 nitrogen and oxygen atoms in total. The van der Waals surface area contributed by atoms with Gasteiger partial charge in [-0.15, -0.1) is 0 Å². The predicted molar refractivity (Wildman–Crippen MR) is 58.5 cm³/mol. The van der Waals surface area contributed by atoms with Gasteiger partial charge in [-0.2, -0.15) is 0 Å². The van der Waals surface area contributed by atoms with Crippen LogP contribution in [0.4, 0.5) is 0 Å². The monoisotopic (exact) mass is 224 g/mol. The molecule has 1 heterocycles. The van der Waals surface area contributed by atoms with E-state index in [0.29, 0.717) is 13.2 Å². The van der Waals surface area contributed by atoms with Crippen molar-refractivity contribution in [3.8, 4) is 5.75 Å². The second kappa shape index (κ2) is 5.84. The molecule has 88 valence electrons. The number of rotatable bonds is 7. The van der Waals surface area contributed by atoms with Gasteiger partial charge in [0.25, 0.3) is 0 Å². The van der Waals surface area contributed by atoms with E-state index >= 15 is 0 Å². The summed E-state index contributed by atoms with van der Waals surface area (Å²) in [5.41, 5.74) is 1.16. The molecule has 1 aromatic carbocycles. The molecule has 0 spiro atoms. The van der Waals surface area contributed by atoms with Crippen LogP contribution in [-0.2, 0) is 14.2 Å². The summed E-state index contributed by atoms with van der Waals surface area (Å²) in [5.74, 6) is 0.811. The lowest BCUT2D eigenvalue weighted by molar-refractivity contribution is -0.00850. The van der Waals surface area contributed by atoms with E-state index in [1.807, 2.05) is 24.3 Å². The first-order valence-electron chi connectivity index (χ1n) is 5.31. The highest BCUT2D eigenvalue weighted by Crippen LogP contribution is 2.31. The van der Waals surface area contributed by atoms with Crippen molar-refractivity contribution in [1.82, 2.24) is 0 Å². The molecule has 0 aromatic heterocycles. The molecule has 4 heteroatoms. The zero-order valence-electron chi connectivity index (χ0n) is 9.35. The van der Waals surface area contributed by atoms with E-state index in [4.69, 9.17) is 18.9 Å². The Hall–Kier alpha value is -1.10. The van der Waals surface area contributed by atoms with E-state index < -0.39 is 0 Å². The number of benzene rings is 1. The Morgan fingerprint density at radius 1 is 1.38 bits per heavy atom. The summed E-state index contributed by atoms with van der Waals surface area (Å²) in [6.07, 6.45) is 0.262. The van der Waals surface area contributed by atoms with Crippen LogP contribution in [0.3, 0.4) is 0 Å². The van der Waals surface area contributed by atoms with Gasteiger partial charge in [0, 0.05) is 7.11 Å². The maximum Gasteiger partial charge on any atom is 0.189 e. The van der Waals surface area contributed by atoms with Crippen LogP contribution >= 0.6 is 0 Å². The number of methoxy groups -OCH3 is 1. The molecule has 1 aliphatic rings. The minimum atomic E-state index is 0.248. The zero-order valence-corrected chi connectivity index (χ0v) is 9.35. The third-order valence-electron chi connectivity index (χ3n) is 2.30. The zero-order chi connectivity index (χ0) is 11.2. The third kappa shape index (κ3) is 3.48. The first kappa shape index (κ1) is 11.4. The van der Waals surface area contributed by atoms with Gasteiger partial charge < -0.3 is 18.9 Å². The van der Waals surface area contributed by atoms with Crippen LogP contribution in [0, 0.1) is 0 Å². The second-order valence-electron chi connectivity index (χ2n) is 3.56. The molecule has 1 atom stereocenters. The highest BCUT2D eigenvalue weighted by atomic mass is 16.7. The van der Waals surface area contributed by atoms with Gasteiger partial charge in [-0.3, -0.25) is 0 Å². The van der Waals surface area contributed by atoms with E-state index in [0.717, 1.165) is 17.9 Å². The average molecular weight is 224 g/mol. The van der Waals surface area contributed by atoms with Gasteiger partial charge in [-0.25, -0.2) is 0 Å². The molecule has 0 aliphatic carbocycles. The molecule has 1 aromatic rings. The summed E-state index contributed by atoms with van der Waals surface area (Å²) in [4.78, 5) is 0. The minimum absolute atomic E-state index is 0.248. The summed E-state index contributed by atoms with van der Waals surface area (Å²) < 4.78 is 20.7. The van der Waals surface area contributed by atoms with Crippen molar-refractivity contribution in [2.45, 2.75) is 6.10 Å². The van der Waals surface area contributed by atoms with E-state index in [-0.39, 0.29) is 12.9 Å². The van der Waals surface area contributed by atoms with Gasteiger partial charge in [-0.1, -0.05) is 12.1 Å². The average Bonchev–Trinajstić information content (AvgIpc) is 3.13. The van der Waals surface area contributed by atoms with Crippen molar-refractivity contribution in [2.24, 2.45) is 0 Å². The number of hydrogen-bond acceptors (Lipinski definition) is 4. The Balaban J connectivity index is 1.73. The van der Waals surface area contributed by atoms with E-state index in [1.165, 1.54) is 0 Å². The molecule has 0 radical (unpaired) electrons. The van der Waals surface area contributed by atoms with Crippen LogP contribution in [0.15, 0.2) is 24.3 Å². The van der Waals surface area contributed by atoms with Crippen molar-refractivity contribution in [2.75, 3.05) is 33.7 Å². The smallest absolute Gasteiger partial charge is 0.189 e. The summed E-state index contributed by atoms with van der Waals surface area (Å²) in [7, 11) is 1.64. The highest BCUT2D eigenvalue weighted by molar-refractivity contribution is 5.31. The minimum Gasteiger partial charge on any atom is -0.468 e. The Kier molecular flexibility index (Phi) is 4.16. The molecule has 1 aliphatic heterocycles. The Morgan fingerprint density at radius 3 is 3.00 bits per heavy atom. The van der Waals surface area contributed by atoms with Gasteiger partial charge in [0.2, 0.25) is 0 Å². The Morgan fingerprint density at radius 2 is 2.25 bits per heavy atom. The van der Waals surface area contributed by atoms with Gasteiger partial charge in [0.15, 0.2) is 6.79 Å². The summed E-state index contributed by atoms with van der Waals surface area (Å²) in [6, 6.07) is 7.89. The van der Waals surface area contributed by atoms with Crippen molar-refractivity contribution in [3.05, 3.63) is 29.8 Å². The van der Waals surface area contributed by atoms with Crippen LogP contribution in [0.25, 0.3) is 0 Å². The number of epoxide rings is 1. The number of hydrogen-bond donors (Lipinski definition) is 0. The van der Waals surface area contributed by atoms with E-state index in [9.17, 15) is 0 Å². The topological polar surface area (TPSA) is 40.2 Å². The fourth-order valence-electron chi connectivity index (χ4n) is 1.36. The predicted octanol–water partition coefficient (Wildman–Crippen LogP) is 1.76. The third-order valence-corrected chi connectivity index (χ3v) is 2.30. The van der Waals surface area contributed by atoms with Crippen LogP contribution in [-0.4, -0.2) is 33.7 Å². The van der Waals surface area contributed by atoms with Crippen LogP contribution in [0.5, 0.6) is 5.75 Å². The van der Waals surface area contributed by atoms with E-state index in [2.05, 4.69) is 0 Å². The summed E-state index contributed by atoms with van der Waals surface area (Å²) >= 11 is 0. The molecule has 0 amide bonds. The highest BCUT2D eigenvalue weighted by Gasteiger charge is 2.24. The standard InChI is InChI=1S/C12H16O4/c1-13-5-6-14-9-16-11-4-2-3-10(7-11)12-8-15-12/h2-4,7,12H,5-6,8-9H2,1H3. The summed E-state index contributed by atoms with van der Waals surface area (Å²) in [6.45, 7) is 2.19. The maximum atomic E-state index is 5.44. The lowest BCUT2D eigenvalue weighted by Gasteiger charge is -2.07. The second-order valence-corrected chi connectivity index (χ2v) is 3.56. The van der Waals surface area contributed by atoms with Gasteiger partial charge in [-0.05, 0) is 17.7 Å². The quantitative estimate of drug-likeness (QED) is 0.402. The van der Waals surface area contributed by atoms with E-state index in [1.54, 1.807) is 7.11 Å². The number of ether oxygens (including phenoxy) is 4. The Labute approximate surface area is 95.1 Å². The van der Waals surface area contributed by atoms with Crippen molar-refractivity contribution < 1.29 is 18.9 Å². The normalized spacial score (nSPS) is 18.4. The first-order valence-corrected chi connectivity index (χ1v) is 5.31. The largest absolute Gasteiger partial charge is 0.468 e. The lowest BCUT2D eigenvalue weighted by atomic mass is 10.1. The fraction of sp³-hybridized carbons (Fsp3) is 0.500. The first-order chi connectivity index (χ1) is 7.90. The molecule has 16 heavy (non-hydrogen) atoms. The van der Waals surface area contributed by atoms with Gasteiger partial charge in [0.05, 0.1) is 19.8 Å². The lowest BCUT2D eigenvalue weighted by Crippen LogP contribution is -2.07. The van der Waals surface area contributed by atoms with Gasteiger partial charge >= 0.3 is 0 Å². The SMILES string of the molecule is COCCOCOc1cccc(C2CO2)c1. The molecular formula is C12H16O4. The van der Waals surface area contributed by atoms with Crippen LogP contribution in [0.1, 0.15) is 11.7 Å². The molecule has 1 saturated heterocycles. The van der Waals surface area contributed by atoms with Crippen LogP contribution in [0.2, 0.25) is 0 Å². The van der Waals surface area contributed by atoms with Crippen molar-refractivity contribution >= 4 is 0 Å². The fourth-order valence-corrected chi connectivity index (χ4v) is 1.36. The molecular weight excluding hydrogens is 208 g/mol. The van der Waals surface area contributed by atoms with Crippen LogP contribution < -0.4 is 4.74 Å². The summed E-state index contributed by atoms with van der Waals surface area (Å²) in [5, 5.41) is 0. The Bertz CT molecular complexity index is 323. The van der Waals surface area contributed by atoms with Crippen molar-refractivity contribution in [3.63, 3.8) is 0 Å². The molecule has 0 N–H and O–H groups in total. The van der Waals surface area contributed by atoms with Crippen molar-refractivity contribution in [1.29, 1.82) is 0 Å².